The van der Waals surface area contributed by atoms with Crippen molar-refractivity contribution in [2.24, 2.45) is 5.92 Å². The van der Waals surface area contributed by atoms with Crippen molar-refractivity contribution in [2.45, 2.75) is 12.5 Å². The van der Waals surface area contributed by atoms with Crippen molar-refractivity contribution in [1.82, 2.24) is 0 Å². The second-order valence-electron chi connectivity index (χ2n) is 5.42. The third-order valence-electron chi connectivity index (χ3n) is 4.25. The molecule has 1 aromatic heterocycles. The van der Waals surface area contributed by atoms with Gasteiger partial charge in [-0.1, -0.05) is 36.4 Å². The van der Waals surface area contributed by atoms with Crippen molar-refractivity contribution >= 4 is 5.69 Å². The molecule has 1 aromatic carbocycles. The van der Waals surface area contributed by atoms with Gasteiger partial charge in [-0.2, -0.15) is 0 Å². The van der Waals surface area contributed by atoms with Crippen LogP contribution < -0.4 is 4.90 Å². The Morgan fingerprint density at radius 3 is 2.80 bits per heavy atom. The Morgan fingerprint density at radius 2 is 2.00 bits per heavy atom. The molecule has 100 valence electrons. The van der Waals surface area contributed by atoms with Crippen LogP contribution in [0.4, 0.5) is 5.69 Å². The molecule has 2 nitrogen and oxygen atoms in total. The van der Waals surface area contributed by atoms with E-state index in [0.717, 1.165) is 13.0 Å². The fraction of sp³-hybridized carbons (Fsp3) is 0.222. The minimum Gasteiger partial charge on any atom is -0.472 e. The van der Waals surface area contributed by atoms with Gasteiger partial charge in [0, 0.05) is 23.7 Å². The monoisotopic (exact) mass is 263 g/mol. The van der Waals surface area contributed by atoms with Crippen LogP contribution >= 0.6 is 0 Å². The van der Waals surface area contributed by atoms with E-state index in [2.05, 4.69) is 59.5 Å². The molecule has 0 radical (unpaired) electrons. The average molecular weight is 263 g/mol. The number of allylic oxidation sites excluding steroid dienone is 2. The number of hydrogen-bond donors (Lipinski definition) is 0. The largest absolute Gasteiger partial charge is 0.472 e. The minimum atomic E-state index is 0.311. The Hall–Kier alpha value is -2.22. The summed E-state index contributed by atoms with van der Waals surface area (Å²) in [6.45, 7) is 1.04. The first-order valence-electron chi connectivity index (χ1n) is 7.14. The van der Waals surface area contributed by atoms with Crippen molar-refractivity contribution in [3.8, 4) is 0 Å². The van der Waals surface area contributed by atoms with Gasteiger partial charge in [-0.05, 0) is 30.2 Å². The molecule has 0 saturated carbocycles. The summed E-state index contributed by atoms with van der Waals surface area (Å²) in [5.41, 5.74) is 4.04. The highest BCUT2D eigenvalue weighted by Crippen LogP contribution is 2.45. The van der Waals surface area contributed by atoms with Gasteiger partial charge in [0.25, 0.3) is 0 Å². The van der Waals surface area contributed by atoms with E-state index < -0.39 is 0 Å². The van der Waals surface area contributed by atoms with Crippen molar-refractivity contribution in [1.29, 1.82) is 0 Å². The molecule has 0 spiro atoms. The number of fused-ring (bicyclic) bond motifs is 1. The molecule has 2 atom stereocenters. The Balaban J connectivity index is 1.79. The molecule has 2 aliphatic rings. The highest BCUT2D eigenvalue weighted by atomic mass is 16.3. The average Bonchev–Trinajstić information content (AvgIpc) is 3.14. The Kier molecular flexibility index (Phi) is 2.73. The Labute approximate surface area is 119 Å². The van der Waals surface area contributed by atoms with Crippen LogP contribution in [0.2, 0.25) is 0 Å². The maximum Gasteiger partial charge on any atom is 0.0958 e. The number of hydrogen-bond acceptors (Lipinski definition) is 2. The summed E-state index contributed by atoms with van der Waals surface area (Å²) < 4.78 is 5.32. The third kappa shape index (κ3) is 1.80. The van der Waals surface area contributed by atoms with Gasteiger partial charge >= 0.3 is 0 Å². The second-order valence-corrected chi connectivity index (χ2v) is 5.42. The third-order valence-corrected chi connectivity index (χ3v) is 4.25. The molecule has 1 aliphatic carbocycles. The lowest BCUT2D eigenvalue weighted by Gasteiger charge is -2.26. The number of furan rings is 1. The summed E-state index contributed by atoms with van der Waals surface area (Å²) in [6.07, 6.45) is 11.7. The van der Waals surface area contributed by atoms with Crippen molar-refractivity contribution in [2.75, 3.05) is 11.4 Å². The van der Waals surface area contributed by atoms with Gasteiger partial charge in [-0.25, -0.2) is 0 Å². The van der Waals surface area contributed by atoms with Crippen LogP contribution in [-0.2, 0) is 0 Å². The summed E-state index contributed by atoms with van der Waals surface area (Å²) in [5.74, 6) is 0.531. The predicted octanol–water partition coefficient (Wildman–Crippen LogP) is 4.34. The molecule has 1 saturated heterocycles. The number of nitrogens with zero attached hydrogens (tertiary/aromatic N) is 1. The van der Waals surface area contributed by atoms with Crippen LogP contribution in [-0.4, -0.2) is 6.54 Å². The number of anilines is 1. The lowest BCUT2D eigenvalue weighted by molar-refractivity contribution is 0.561. The first-order valence-corrected chi connectivity index (χ1v) is 7.14. The van der Waals surface area contributed by atoms with E-state index in [0.29, 0.717) is 12.0 Å². The van der Waals surface area contributed by atoms with Crippen LogP contribution in [0, 0.1) is 5.92 Å². The molecule has 0 unspecified atom stereocenters. The van der Waals surface area contributed by atoms with Crippen molar-refractivity contribution < 1.29 is 4.42 Å². The van der Waals surface area contributed by atoms with Gasteiger partial charge in [0.05, 0.1) is 18.6 Å². The molecule has 0 N–H and O–H groups in total. The quantitative estimate of drug-likeness (QED) is 0.749. The number of benzene rings is 1. The van der Waals surface area contributed by atoms with Crippen LogP contribution in [0.15, 0.2) is 77.1 Å². The van der Waals surface area contributed by atoms with Gasteiger partial charge in [0.2, 0.25) is 0 Å². The minimum absolute atomic E-state index is 0.311. The summed E-state index contributed by atoms with van der Waals surface area (Å²) >= 11 is 0. The van der Waals surface area contributed by atoms with E-state index in [1.165, 1.54) is 16.8 Å². The normalized spacial score (nSPS) is 24.6. The predicted molar refractivity (Wildman–Crippen MR) is 80.6 cm³/mol. The van der Waals surface area contributed by atoms with Crippen LogP contribution in [0.3, 0.4) is 0 Å². The van der Waals surface area contributed by atoms with E-state index in [4.69, 9.17) is 4.42 Å². The summed E-state index contributed by atoms with van der Waals surface area (Å²) in [7, 11) is 0. The summed E-state index contributed by atoms with van der Waals surface area (Å²) in [6, 6.07) is 13.1. The molecule has 1 fully saturated rings. The zero-order valence-corrected chi connectivity index (χ0v) is 11.3. The lowest BCUT2D eigenvalue weighted by Crippen LogP contribution is -2.23. The van der Waals surface area contributed by atoms with Crippen LogP contribution in [0.25, 0.3) is 0 Å². The lowest BCUT2D eigenvalue weighted by atomic mass is 9.90. The molecule has 0 amide bonds. The summed E-state index contributed by atoms with van der Waals surface area (Å²) in [5, 5.41) is 0. The highest BCUT2D eigenvalue weighted by Gasteiger charge is 2.37. The fourth-order valence-corrected chi connectivity index (χ4v) is 3.36. The maximum atomic E-state index is 5.32. The van der Waals surface area contributed by atoms with Crippen LogP contribution in [0.1, 0.15) is 18.0 Å². The van der Waals surface area contributed by atoms with E-state index in [1.807, 2.05) is 6.26 Å². The molecule has 4 rings (SSSR count). The smallest absolute Gasteiger partial charge is 0.0958 e. The van der Waals surface area contributed by atoms with Crippen molar-refractivity contribution in [3.63, 3.8) is 0 Å². The zero-order valence-electron chi connectivity index (χ0n) is 11.3. The second kappa shape index (κ2) is 4.71. The van der Waals surface area contributed by atoms with E-state index in [-0.39, 0.29) is 0 Å². The van der Waals surface area contributed by atoms with E-state index in [1.54, 1.807) is 6.26 Å². The first-order chi connectivity index (χ1) is 9.93. The van der Waals surface area contributed by atoms with Gasteiger partial charge in [-0.3, -0.25) is 0 Å². The van der Waals surface area contributed by atoms with Gasteiger partial charge in [0.1, 0.15) is 0 Å². The highest BCUT2D eigenvalue weighted by molar-refractivity contribution is 5.56. The molecule has 2 aromatic rings. The van der Waals surface area contributed by atoms with Gasteiger partial charge in [0.15, 0.2) is 0 Å². The summed E-state index contributed by atoms with van der Waals surface area (Å²) in [4.78, 5) is 2.48. The standard InChI is InChI=1S/C18H17NO/c1-2-7-16(8-3-1)19-12-14-6-4-5-9-17(14)18(19)15-10-11-20-13-15/h1-4,6-11,13-14,18H,5,12H2/t14-,18-/m1/s1. The Bertz CT molecular complexity index is 639. The first kappa shape index (κ1) is 11.6. The zero-order chi connectivity index (χ0) is 13.4. The molecule has 20 heavy (non-hydrogen) atoms. The van der Waals surface area contributed by atoms with Crippen LogP contribution in [0.5, 0.6) is 0 Å². The molecule has 1 aliphatic heterocycles. The molecular formula is C18H17NO. The molecule has 0 bridgehead atoms. The van der Waals surface area contributed by atoms with Gasteiger partial charge < -0.3 is 9.32 Å². The SMILES string of the molecule is C1=C[C@@H]2CN(c3ccccc3)[C@H](c3ccoc3)C2=CC1. The van der Waals surface area contributed by atoms with Crippen molar-refractivity contribution in [3.05, 3.63) is 78.3 Å². The molecule has 2 heteroatoms. The molecular weight excluding hydrogens is 246 g/mol. The molecule has 2 heterocycles. The maximum absolute atomic E-state index is 5.32. The Morgan fingerprint density at radius 1 is 1.10 bits per heavy atom. The topological polar surface area (TPSA) is 16.4 Å². The van der Waals surface area contributed by atoms with Gasteiger partial charge in [-0.15, -0.1) is 0 Å². The van der Waals surface area contributed by atoms with E-state index in [9.17, 15) is 0 Å². The number of para-hydroxylation sites is 1. The number of rotatable bonds is 2. The van der Waals surface area contributed by atoms with E-state index >= 15 is 0 Å². The fourth-order valence-electron chi connectivity index (χ4n) is 3.36.